The number of fused-ring (bicyclic) bond motifs is 1. The molecular weight excluding hydrogens is 218 g/mol. The van der Waals surface area contributed by atoms with E-state index < -0.39 is 0 Å². The van der Waals surface area contributed by atoms with Gasteiger partial charge in [0.2, 0.25) is 0 Å². The van der Waals surface area contributed by atoms with Crippen LogP contribution in [0, 0.1) is 11.8 Å². The maximum Gasteiger partial charge on any atom is 0.0135 e. The maximum absolute atomic E-state index is 3.49. The van der Waals surface area contributed by atoms with Gasteiger partial charge in [-0.2, -0.15) is 0 Å². The monoisotopic (exact) mass is 239 g/mol. The zero-order chi connectivity index (χ0) is 12.5. The van der Waals surface area contributed by atoms with Crippen LogP contribution in [0.4, 0.5) is 0 Å². The molecule has 3 rings (SSSR count). The fraction of sp³-hybridized carbons (Fsp3) is 0.412. The van der Waals surface area contributed by atoms with Gasteiger partial charge < -0.3 is 5.32 Å². The normalized spacial score (nSPS) is 24.1. The number of rotatable bonds is 4. The van der Waals surface area contributed by atoms with E-state index in [1.54, 1.807) is 0 Å². The summed E-state index contributed by atoms with van der Waals surface area (Å²) in [5.41, 5.74) is 1.45. The van der Waals surface area contributed by atoms with Crippen LogP contribution in [0.25, 0.3) is 10.8 Å². The second-order valence-corrected chi connectivity index (χ2v) is 5.66. The summed E-state index contributed by atoms with van der Waals surface area (Å²) >= 11 is 0. The van der Waals surface area contributed by atoms with Gasteiger partial charge in [0.1, 0.15) is 0 Å². The van der Waals surface area contributed by atoms with Gasteiger partial charge in [-0.3, -0.25) is 0 Å². The standard InChI is InChI=1S/C17H21N/c1-12-9-16(12)17(18-2)11-13-7-8-14-5-3-4-6-15(14)10-13/h3-8,10,12,16-18H,9,11H2,1-2H3. The van der Waals surface area contributed by atoms with E-state index in [9.17, 15) is 0 Å². The minimum atomic E-state index is 0.640. The van der Waals surface area contributed by atoms with Gasteiger partial charge in [-0.15, -0.1) is 0 Å². The Morgan fingerprint density at radius 3 is 2.56 bits per heavy atom. The third-order valence-corrected chi connectivity index (χ3v) is 4.33. The largest absolute Gasteiger partial charge is 0.316 e. The van der Waals surface area contributed by atoms with Crippen LogP contribution in [0.2, 0.25) is 0 Å². The Morgan fingerprint density at radius 1 is 1.17 bits per heavy atom. The fourth-order valence-corrected chi connectivity index (χ4v) is 3.00. The molecule has 0 aromatic heterocycles. The summed E-state index contributed by atoms with van der Waals surface area (Å²) in [6.45, 7) is 2.36. The molecule has 0 heterocycles. The Balaban J connectivity index is 1.81. The minimum absolute atomic E-state index is 0.640. The molecule has 0 bridgehead atoms. The molecule has 1 saturated carbocycles. The van der Waals surface area contributed by atoms with Crippen molar-refractivity contribution < 1.29 is 0 Å². The van der Waals surface area contributed by atoms with Crippen LogP contribution in [0.15, 0.2) is 42.5 Å². The smallest absolute Gasteiger partial charge is 0.0135 e. The molecule has 0 amide bonds. The van der Waals surface area contributed by atoms with Crippen LogP contribution in [-0.2, 0) is 6.42 Å². The van der Waals surface area contributed by atoms with Crippen LogP contribution >= 0.6 is 0 Å². The van der Waals surface area contributed by atoms with Gasteiger partial charge in [-0.25, -0.2) is 0 Å². The van der Waals surface area contributed by atoms with Gasteiger partial charge in [0.05, 0.1) is 0 Å². The van der Waals surface area contributed by atoms with Crippen LogP contribution in [0.1, 0.15) is 18.9 Å². The SMILES string of the molecule is CNC(Cc1ccc2ccccc2c1)C1CC1C. The summed E-state index contributed by atoms with van der Waals surface area (Å²) in [6, 6.07) is 16.1. The molecule has 0 spiro atoms. The van der Waals surface area contributed by atoms with E-state index in [0.29, 0.717) is 6.04 Å². The Labute approximate surface area is 109 Å². The van der Waals surface area contributed by atoms with Crippen LogP contribution in [-0.4, -0.2) is 13.1 Å². The topological polar surface area (TPSA) is 12.0 Å². The first kappa shape index (κ1) is 11.7. The molecule has 0 radical (unpaired) electrons. The Hall–Kier alpha value is -1.34. The van der Waals surface area contributed by atoms with E-state index in [0.717, 1.165) is 18.3 Å². The van der Waals surface area contributed by atoms with Gasteiger partial charge in [-0.05, 0) is 48.1 Å². The molecule has 2 aromatic carbocycles. The second-order valence-electron chi connectivity index (χ2n) is 5.66. The molecule has 3 unspecified atom stereocenters. The lowest BCUT2D eigenvalue weighted by Crippen LogP contribution is -2.30. The van der Waals surface area contributed by atoms with E-state index in [1.807, 2.05) is 0 Å². The van der Waals surface area contributed by atoms with Crippen molar-refractivity contribution in [2.75, 3.05) is 7.05 Å². The van der Waals surface area contributed by atoms with Gasteiger partial charge in [0, 0.05) is 6.04 Å². The van der Waals surface area contributed by atoms with Crippen molar-refractivity contribution in [1.29, 1.82) is 0 Å². The highest BCUT2D eigenvalue weighted by Gasteiger charge is 2.38. The highest BCUT2D eigenvalue weighted by Crippen LogP contribution is 2.41. The van der Waals surface area contributed by atoms with E-state index in [-0.39, 0.29) is 0 Å². The predicted molar refractivity (Wildman–Crippen MR) is 77.8 cm³/mol. The van der Waals surface area contributed by atoms with Crippen LogP contribution in [0.3, 0.4) is 0 Å². The van der Waals surface area contributed by atoms with Gasteiger partial charge in [0.25, 0.3) is 0 Å². The summed E-state index contributed by atoms with van der Waals surface area (Å²) < 4.78 is 0. The van der Waals surface area contributed by atoms with Crippen molar-refractivity contribution in [3.63, 3.8) is 0 Å². The molecule has 0 aliphatic heterocycles. The summed E-state index contributed by atoms with van der Waals surface area (Å²) in [6.07, 6.45) is 2.54. The molecule has 1 N–H and O–H groups in total. The quantitative estimate of drug-likeness (QED) is 0.859. The third kappa shape index (κ3) is 2.28. The zero-order valence-corrected chi connectivity index (χ0v) is 11.2. The van der Waals surface area contributed by atoms with Gasteiger partial charge in [0.15, 0.2) is 0 Å². The molecule has 1 nitrogen and oxygen atoms in total. The number of hydrogen-bond donors (Lipinski definition) is 1. The van der Waals surface area contributed by atoms with Crippen molar-refractivity contribution in [2.24, 2.45) is 11.8 Å². The first-order valence-corrected chi connectivity index (χ1v) is 6.93. The molecule has 3 atom stereocenters. The average molecular weight is 239 g/mol. The first-order valence-electron chi connectivity index (χ1n) is 6.93. The fourth-order valence-electron chi connectivity index (χ4n) is 3.00. The first-order chi connectivity index (χ1) is 8.78. The third-order valence-electron chi connectivity index (χ3n) is 4.33. The molecular formula is C17H21N. The summed E-state index contributed by atoms with van der Waals surface area (Å²) in [4.78, 5) is 0. The molecule has 1 aliphatic rings. The van der Waals surface area contributed by atoms with Gasteiger partial charge >= 0.3 is 0 Å². The van der Waals surface area contributed by atoms with Crippen molar-refractivity contribution in [2.45, 2.75) is 25.8 Å². The molecule has 1 fully saturated rings. The number of likely N-dealkylation sites (N-methyl/N-ethyl adjacent to an activating group) is 1. The maximum atomic E-state index is 3.49. The van der Waals surface area contributed by atoms with Crippen molar-refractivity contribution in [1.82, 2.24) is 5.32 Å². The molecule has 1 aliphatic carbocycles. The number of hydrogen-bond acceptors (Lipinski definition) is 1. The Morgan fingerprint density at radius 2 is 1.89 bits per heavy atom. The lowest BCUT2D eigenvalue weighted by Gasteiger charge is -2.16. The highest BCUT2D eigenvalue weighted by atomic mass is 14.9. The molecule has 0 saturated heterocycles. The predicted octanol–water partition coefficient (Wildman–Crippen LogP) is 3.63. The minimum Gasteiger partial charge on any atom is -0.316 e. The van der Waals surface area contributed by atoms with Crippen molar-refractivity contribution in [3.05, 3.63) is 48.0 Å². The average Bonchev–Trinajstić information content (AvgIpc) is 3.13. The summed E-state index contributed by atoms with van der Waals surface area (Å²) in [5, 5.41) is 6.18. The van der Waals surface area contributed by atoms with Crippen LogP contribution < -0.4 is 5.32 Å². The van der Waals surface area contributed by atoms with Crippen molar-refractivity contribution >= 4 is 10.8 Å². The molecule has 18 heavy (non-hydrogen) atoms. The van der Waals surface area contributed by atoms with Gasteiger partial charge in [-0.1, -0.05) is 49.4 Å². The van der Waals surface area contributed by atoms with E-state index in [4.69, 9.17) is 0 Å². The Bertz CT molecular complexity index is 546. The zero-order valence-electron chi connectivity index (χ0n) is 11.2. The molecule has 94 valence electrons. The summed E-state index contributed by atoms with van der Waals surface area (Å²) in [5.74, 6) is 1.78. The second kappa shape index (κ2) is 4.74. The molecule has 1 heteroatoms. The van der Waals surface area contributed by atoms with E-state index >= 15 is 0 Å². The number of benzene rings is 2. The summed E-state index contributed by atoms with van der Waals surface area (Å²) in [7, 11) is 2.09. The van der Waals surface area contributed by atoms with E-state index in [2.05, 4.69) is 61.8 Å². The lowest BCUT2D eigenvalue weighted by molar-refractivity contribution is 0.479. The number of nitrogens with one attached hydrogen (secondary N) is 1. The van der Waals surface area contributed by atoms with Crippen LogP contribution in [0.5, 0.6) is 0 Å². The van der Waals surface area contributed by atoms with Crippen molar-refractivity contribution in [3.8, 4) is 0 Å². The Kier molecular flexibility index (Phi) is 3.09. The molecule has 2 aromatic rings. The lowest BCUT2D eigenvalue weighted by atomic mass is 9.98. The van der Waals surface area contributed by atoms with E-state index in [1.165, 1.54) is 22.8 Å². The highest BCUT2D eigenvalue weighted by molar-refractivity contribution is 5.82.